The van der Waals surface area contributed by atoms with Crippen molar-refractivity contribution in [3.63, 3.8) is 0 Å². The normalized spacial score (nSPS) is 27.2. The number of imidazole rings is 1. The lowest BCUT2D eigenvalue weighted by molar-refractivity contribution is 0.0488. The molecule has 1 saturated carbocycles. The van der Waals surface area contributed by atoms with E-state index in [1.165, 1.54) is 0 Å². The van der Waals surface area contributed by atoms with Crippen molar-refractivity contribution < 1.29 is 5.11 Å². The minimum atomic E-state index is -0.153. The number of hydrogen-bond acceptors (Lipinski definition) is 3. The largest absolute Gasteiger partial charge is 0.392 e. The van der Waals surface area contributed by atoms with E-state index in [1.807, 2.05) is 17.8 Å². The fourth-order valence-corrected chi connectivity index (χ4v) is 1.51. The van der Waals surface area contributed by atoms with Crippen LogP contribution in [0.3, 0.4) is 0 Å². The molecule has 0 bridgehead atoms. The average Bonchev–Trinajstić information content (AvgIpc) is 2.50. The Labute approximate surface area is 77.6 Å². The minimum absolute atomic E-state index is 0.153. The Morgan fingerprint density at radius 2 is 2.54 bits per heavy atom. The lowest BCUT2D eigenvalue weighted by Gasteiger charge is -2.33. The van der Waals surface area contributed by atoms with E-state index in [9.17, 15) is 5.11 Å². The molecule has 0 unspecified atom stereocenters. The second-order valence-corrected chi connectivity index (χ2v) is 3.59. The summed E-state index contributed by atoms with van der Waals surface area (Å²) >= 11 is 0. The molecule has 2 rings (SSSR count). The summed E-state index contributed by atoms with van der Waals surface area (Å²) in [4.78, 5) is 4.19. The van der Waals surface area contributed by atoms with Gasteiger partial charge in [-0.15, -0.1) is 0 Å². The Kier molecular flexibility index (Phi) is 2.33. The molecule has 1 fully saturated rings. The molecule has 72 valence electrons. The Morgan fingerprint density at radius 3 is 3.00 bits per heavy atom. The number of nitrogens with one attached hydrogen (secondary N) is 1. The highest BCUT2D eigenvalue weighted by molar-refractivity contribution is 4.93. The van der Waals surface area contributed by atoms with E-state index in [0.29, 0.717) is 0 Å². The van der Waals surface area contributed by atoms with Gasteiger partial charge in [0.1, 0.15) is 5.82 Å². The van der Waals surface area contributed by atoms with E-state index in [4.69, 9.17) is 0 Å². The summed E-state index contributed by atoms with van der Waals surface area (Å²) in [6.07, 6.45) is 5.56. The van der Waals surface area contributed by atoms with Crippen molar-refractivity contribution in [2.75, 3.05) is 0 Å². The van der Waals surface area contributed by atoms with Crippen LogP contribution in [0.5, 0.6) is 0 Å². The molecular formula is C9H15N3O. The van der Waals surface area contributed by atoms with Gasteiger partial charge < -0.3 is 15.0 Å². The molecular weight excluding hydrogens is 166 g/mol. The second kappa shape index (κ2) is 3.47. The number of aromatic nitrogens is 2. The summed E-state index contributed by atoms with van der Waals surface area (Å²) in [5.41, 5.74) is 0. The summed E-state index contributed by atoms with van der Waals surface area (Å²) in [5.74, 6) is 1.01. The van der Waals surface area contributed by atoms with Crippen LogP contribution in [0, 0.1) is 0 Å². The van der Waals surface area contributed by atoms with Crippen LogP contribution in [-0.4, -0.2) is 26.8 Å². The summed E-state index contributed by atoms with van der Waals surface area (Å²) in [7, 11) is 1.97. The van der Waals surface area contributed by atoms with Gasteiger partial charge in [0.05, 0.1) is 12.6 Å². The molecule has 13 heavy (non-hydrogen) atoms. The first-order chi connectivity index (χ1) is 6.27. The van der Waals surface area contributed by atoms with Gasteiger partial charge in [0, 0.05) is 25.5 Å². The van der Waals surface area contributed by atoms with E-state index >= 15 is 0 Å². The second-order valence-electron chi connectivity index (χ2n) is 3.59. The van der Waals surface area contributed by atoms with Crippen molar-refractivity contribution in [1.82, 2.24) is 14.9 Å². The van der Waals surface area contributed by atoms with Crippen LogP contribution >= 0.6 is 0 Å². The van der Waals surface area contributed by atoms with Gasteiger partial charge >= 0.3 is 0 Å². The fourth-order valence-electron chi connectivity index (χ4n) is 1.51. The molecule has 2 atom stereocenters. The Hall–Kier alpha value is -0.870. The van der Waals surface area contributed by atoms with E-state index in [0.717, 1.165) is 25.2 Å². The van der Waals surface area contributed by atoms with E-state index in [2.05, 4.69) is 10.3 Å². The standard InChI is InChI=1S/C9H15N3O/c1-12-5-4-10-9(12)6-11-7-2-3-8(7)13/h4-5,7-8,11,13H,2-3,6H2,1H3/t7-,8-/m1/s1. The summed E-state index contributed by atoms with van der Waals surface area (Å²) in [6.45, 7) is 0.741. The maximum absolute atomic E-state index is 9.32. The molecule has 2 N–H and O–H groups in total. The first-order valence-corrected chi connectivity index (χ1v) is 4.65. The molecule has 4 heteroatoms. The molecule has 4 nitrogen and oxygen atoms in total. The number of aliphatic hydroxyl groups is 1. The predicted octanol–water partition coefficient (Wildman–Crippen LogP) is 0.0330. The number of nitrogens with zero attached hydrogens (tertiary/aromatic N) is 2. The van der Waals surface area contributed by atoms with Crippen molar-refractivity contribution in [1.29, 1.82) is 0 Å². The zero-order chi connectivity index (χ0) is 9.26. The van der Waals surface area contributed by atoms with Crippen molar-refractivity contribution in [3.8, 4) is 0 Å². The number of rotatable bonds is 3. The van der Waals surface area contributed by atoms with Gasteiger partial charge in [0.15, 0.2) is 0 Å². The van der Waals surface area contributed by atoms with Crippen LogP contribution in [0.25, 0.3) is 0 Å². The molecule has 0 aliphatic heterocycles. The van der Waals surface area contributed by atoms with Crippen LogP contribution < -0.4 is 5.32 Å². The van der Waals surface area contributed by atoms with Crippen LogP contribution in [-0.2, 0) is 13.6 Å². The first-order valence-electron chi connectivity index (χ1n) is 4.65. The molecule has 1 aromatic heterocycles. The Balaban J connectivity index is 1.83. The highest BCUT2D eigenvalue weighted by atomic mass is 16.3. The van der Waals surface area contributed by atoms with E-state index < -0.39 is 0 Å². The molecule has 0 aromatic carbocycles. The topological polar surface area (TPSA) is 50.1 Å². The number of aliphatic hydroxyl groups excluding tert-OH is 1. The highest BCUT2D eigenvalue weighted by Gasteiger charge is 2.28. The molecule has 1 heterocycles. The maximum atomic E-state index is 9.32. The zero-order valence-corrected chi connectivity index (χ0v) is 7.77. The lowest BCUT2D eigenvalue weighted by Crippen LogP contribution is -2.47. The van der Waals surface area contributed by atoms with Crippen LogP contribution in [0.2, 0.25) is 0 Å². The van der Waals surface area contributed by atoms with Gasteiger partial charge in [-0.3, -0.25) is 0 Å². The quantitative estimate of drug-likeness (QED) is 0.692. The van der Waals surface area contributed by atoms with Crippen molar-refractivity contribution in [3.05, 3.63) is 18.2 Å². The summed E-state index contributed by atoms with van der Waals surface area (Å²) in [5, 5.41) is 12.6. The van der Waals surface area contributed by atoms with E-state index in [-0.39, 0.29) is 12.1 Å². The molecule has 0 saturated heterocycles. The first kappa shape index (κ1) is 8.72. The van der Waals surface area contributed by atoms with Crippen molar-refractivity contribution in [2.24, 2.45) is 7.05 Å². The van der Waals surface area contributed by atoms with Gasteiger partial charge in [-0.2, -0.15) is 0 Å². The average molecular weight is 181 g/mol. The molecule has 0 spiro atoms. The summed E-state index contributed by atoms with van der Waals surface area (Å²) in [6, 6.07) is 0.275. The molecule has 1 aromatic rings. The smallest absolute Gasteiger partial charge is 0.122 e. The lowest BCUT2D eigenvalue weighted by atomic mass is 9.89. The summed E-state index contributed by atoms with van der Waals surface area (Å²) < 4.78 is 1.98. The maximum Gasteiger partial charge on any atom is 0.122 e. The van der Waals surface area contributed by atoms with Gasteiger partial charge in [-0.1, -0.05) is 0 Å². The van der Waals surface area contributed by atoms with Gasteiger partial charge in [0.2, 0.25) is 0 Å². The Bertz CT molecular complexity index is 284. The molecule has 0 amide bonds. The molecule has 0 radical (unpaired) electrons. The fraction of sp³-hybridized carbons (Fsp3) is 0.667. The van der Waals surface area contributed by atoms with Gasteiger partial charge in [-0.05, 0) is 12.8 Å². The monoisotopic (exact) mass is 181 g/mol. The van der Waals surface area contributed by atoms with Crippen molar-refractivity contribution in [2.45, 2.75) is 31.5 Å². The third-order valence-corrected chi connectivity index (χ3v) is 2.68. The van der Waals surface area contributed by atoms with Gasteiger partial charge in [-0.25, -0.2) is 4.98 Å². The highest BCUT2D eigenvalue weighted by Crippen LogP contribution is 2.19. The van der Waals surface area contributed by atoms with Crippen LogP contribution in [0.4, 0.5) is 0 Å². The van der Waals surface area contributed by atoms with Crippen molar-refractivity contribution >= 4 is 0 Å². The van der Waals surface area contributed by atoms with Crippen LogP contribution in [0.15, 0.2) is 12.4 Å². The minimum Gasteiger partial charge on any atom is -0.392 e. The number of hydrogen-bond donors (Lipinski definition) is 2. The predicted molar refractivity (Wildman–Crippen MR) is 49.1 cm³/mol. The van der Waals surface area contributed by atoms with Crippen LogP contribution in [0.1, 0.15) is 18.7 Å². The third-order valence-electron chi connectivity index (χ3n) is 2.68. The van der Waals surface area contributed by atoms with Gasteiger partial charge in [0.25, 0.3) is 0 Å². The SMILES string of the molecule is Cn1ccnc1CN[C@@H]1CC[C@H]1O. The molecule has 1 aliphatic carbocycles. The van der Waals surface area contributed by atoms with E-state index in [1.54, 1.807) is 6.20 Å². The Morgan fingerprint density at radius 1 is 1.69 bits per heavy atom. The third kappa shape index (κ3) is 1.73. The zero-order valence-electron chi connectivity index (χ0n) is 7.77. The molecule has 1 aliphatic rings. The number of aryl methyl sites for hydroxylation is 1.